The van der Waals surface area contributed by atoms with Crippen LogP contribution in [0, 0.1) is 0 Å². The summed E-state index contributed by atoms with van der Waals surface area (Å²) < 4.78 is 9.07. The molecule has 2 aliphatic heterocycles. The first-order chi connectivity index (χ1) is 15.6. The lowest BCUT2D eigenvalue weighted by Gasteiger charge is -2.26. The second-order valence-corrected chi connectivity index (χ2v) is 8.40. The maximum Gasteiger partial charge on any atom is 0.270 e. The Bertz CT molecular complexity index is 1390. The molecule has 9 heteroatoms. The highest BCUT2D eigenvalue weighted by molar-refractivity contribution is 5.92. The van der Waals surface area contributed by atoms with Gasteiger partial charge in [-0.25, -0.2) is 9.97 Å². The molecule has 2 saturated heterocycles. The Morgan fingerprint density at radius 2 is 2.09 bits per heavy atom. The number of fused-ring (bicyclic) bond motifs is 4. The fraction of sp³-hybridized carbons (Fsp3) is 0.304. The maximum atomic E-state index is 12.6. The minimum atomic E-state index is -0.405. The maximum absolute atomic E-state index is 12.6. The predicted molar refractivity (Wildman–Crippen MR) is 116 cm³/mol. The van der Waals surface area contributed by atoms with E-state index in [-0.39, 0.29) is 17.8 Å². The standard InChI is InChI=1S/C23H22N6O3/c30-22-8-19(26-21-3-1-2-6-29(21)22)23(31)24-9-16-12-28-11-15(4-5-20(28)25-16)10-27-13-18-7-17(27)14-32-18/h1-6,8,11-12,17-18H,7,9-10,13-14H2,(H,24,31). The zero-order valence-corrected chi connectivity index (χ0v) is 17.3. The van der Waals surface area contributed by atoms with Crippen LogP contribution < -0.4 is 10.9 Å². The van der Waals surface area contributed by atoms with Crippen molar-refractivity contribution in [2.75, 3.05) is 13.2 Å². The van der Waals surface area contributed by atoms with Crippen molar-refractivity contribution in [1.29, 1.82) is 0 Å². The van der Waals surface area contributed by atoms with Crippen LogP contribution in [0.25, 0.3) is 11.3 Å². The zero-order valence-electron chi connectivity index (χ0n) is 17.3. The van der Waals surface area contributed by atoms with E-state index >= 15 is 0 Å². The summed E-state index contributed by atoms with van der Waals surface area (Å²) in [5.41, 5.74) is 3.02. The number of hydrogen-bond donors (Lipinski definition) is 1. The summed E-state index contributed by atoms with van der Waals surface area (Å²) in [6.45, 7) is 2.98. The van der Waals surface area contributed by atoms with E-state index < -0.39 is 5.91 Å². The fourth-order valence-corrected chi connectivity index (χ4v) is 4.61. The van der Waals surface area contributed by atoms with Gasteiger partial charge in [-0.3, -0.25) is 18.9 Å². The van der Waals surface area contributed by atoms with Crippen molar-refractivity contribution in [3.63, 3.8) is 0 Å². The molecular formula is C23H22N6O3. The van der Waals surface area contributed by atoms with Crippen LogP contribution in [0.4, 0.5) is 0 Å². The zero-order chi connectivity index (χ0) is 21.7. The van der Waals surface area contributed by atoms with Crippen LogP contribution in [-0.2, 0) is 17.8 Å². The smallest absolute Gasteiger partial charge is 0.270 e. The van der Waals surface area contributed by atoms with Gasteiger partial charge in [0, 0.05) is 43.8 Å². The number of pyridine rings is 2. The summed E-state index contributed by atoms with van der Waals surface area (Å²) in [6.07, 6.45) is 7.16. The number of ether oxygens (including phenoxy) is 1. The summed E-state index contributed by atoms with van der Waals surface area (Å²) in [5, 5.41) is 2.81. The highest BCUT2D eigenvalue weighted by Gasteiger charge is 2.38. The molecule has 0 saturated carbocycles. The van der Waals surface area contributed by atoms with Crippen LogP contribution in [0.3, 0.4) is 0 Å². The Labute approximate surface area is 183 Å². The normalized spacial score (nSPS) is 20.4. The van der Waals surface area contributed by atoms with Gasteiger partial charge in [0.15, 0.2) is 0 Å². The Hall–Kier alpha value is -3.56. The van der Waals surface area contributed by atoms with E-state index in [0.29, 0.717) is 17.8 Å². The lowest BCUT2D eigenvalue weighted by atomic mass is 10.2. The molecule has 2 aliphatic rings. The largest absolute Gasteiger partial charge is 0.375 e. The number of hydrogen-bond acceptors (Lipinski definition) is 6. The van der Waals surface area contributed by atoms with Crippen LogP contribution in [0.1, 0.15) is 28.2 Å². The van der Waals surface area contributed by atoms with Crippen LogP contribution in [0.15, 0.2) is 59.8 Å². The van der Waals surface area contributed by atoms with Crippen molar-refractivity contribution in [3.8, 4) is 0 Å². The molecule has 4 aromatic heterocycles. The molecular weight excluding hydrogens is 408 g/mol. The SMILES string of the molecule is O=C(NCc1cn2cc(CN3CC4CC3CO4)ccc2n1)c1cc(=O)n2ccccc2n1. The molecule has 2 bridgehead atoms. The third-order valence-corrected chi connectivity index (χ3v) is 6.20. The molecule has 6 rings (SSSR count). The van der Waals surface area contributed by atoms with Gasteiger partial charge >= 0.3 is 0 Å². The lowest BCUT2D eigenvalue weighted by molar-refractivity contribution is 0.0273. The molecule has 1 amide bonds. The van der Waals surface area contributed by atoms with Gasteiger partial charge in [0.1, 0.15) is 17.0 Å². The average Bonchev–Trinajstić information content (AvgIpc) is 3.52. The minimum Gasteiger partial charge on any atom is -0.375 e. The van der Waals surface area contributed by atoms with E-state index in [1.165, 1.54) is 16.0 Å². The molecule has 0 aromatic carbocycles. The number of imidazole rings is 1. The van der Waals surface area contributed by atoms with Crippen molar-refractivity contribution in [2.45, 2.75) is 31.7 Å². The molecule has 1 N–H and O–H groups in total. The summed E-state index contributed by atoms with van der Waals surface area (Å²) in [6, 6.07) is 11.1. The Morgan fingerprint density at radius 3 is 2.94 bits per heavy atom. The molecule has 2 atom stereocenters. The summed E-state index contributed by atoms with van der Waals surface area (Å²) in [5.74, 6) is -0.405. The van der Waals surface area contributed by atoms with Crippen LogP contribution in [0.2, 0.25) is 0 Å². The van der Waals surface area contributed by atoms with Crippen molar-refractivity contribution < 1.29 is 9.53 Å². The number of carbonyl (C=O) groups excluding carboxylic acids is 1. The van der Waals surface area contributed by atoms with Gasteiger partial charge in [0.25, 0.3) is 11.5 Å². The molecule has 4 aromatic rings. The molecule has 2 unspecified atom stereocenters. The Morgan fingerprint density at radius 1 is 1.16 bits per heavy atom. The Kier molecular flexibility index (Phi) is 4.51. The Balaban J connectivity index is 1.15. The molecule has 9 nitrogen and oxygen atoms in total. The second kappa shape index (κ2) is 7.54. The van der Waals surface area contributed by atoms with Gasteiger partial charge in [-0.2, -0.15) is 0 Å². The number of morpholine rings is 1. The van der Waals surface area contributed by atoms with E-state index in [1.54, 1.807) is 24.4 Å². The van der Waals surface area contributed by atoms with Gasteiger partial charge in [-0.1, -0.05) is 12.1 Å². The summed E-state index contributed by atoms with van der Waals surface area (Å²) >= 11 is 0. The molecule has 0 radical (unpaired) electrons. The van der Waals surface area contributed by atoms with E-state index in [1.807, 2.05) is 16.7 Å². The van der Waals surface area contributed by atoms with Crippen LogP contribution in [-0.4, -0.2) is 54.9 Å². The van der Waals surface area contributed by atoms with Crippen molar-refractivity contribution in [3.05, 3.63) is 82.3 Å². The highest BCUT2D eigenvalue weighted by Crippen LogP contribution is 2.29. The third-order valence-electron chi connectivity index (χ3n) is 6.20. The molecule has 0 spiro atoms. The van der Waals surface area contributed by atoms with E-state index in [4.69, 9.17) is 4.74 Å². The van der Waals surface area contributed by atoms with E-state index in [0.717, 1.165) is 37.5 Å². The molecule has 162 valence electrons. The van der Waals surface area contributed by atoms with Crippen molar-refractivity contribution >= 4 is 17.2 Å². The van der Waals surface area contributed by atoms with Gasteiger partial charge in [0.05, 0.1) is 24.9 Å². The predicted octanol–water partition coefficient (Wildman–Crippen LogP) is 1.25. The van der Waals surface area contributed by atoms with Crippen molar-refractivity contribution in [1.82, 2.24) is 29.0 Å². The molecule has 32 heavy (non-hydrogen) atoms. The highest BCUT2D eigenvalue weighted by atomic mass is 16.5. The lowest BCUT2D eigenvalue weighted by Crippen LogP contribution is -2.36. The number of carbonyl (C=O) groups is 1. The number of rotatable bonds is 5. The number of nitrogens with zero attached hydrogens (tertiary/aromatic N) is 5. The fourth-order valence-electron chi connectivity index (χ4n) is 4.61. The first kappa shape index (κ1) is 19.1. The van der Waals surface area contributed by atoms with E-state index in [9.17, 15) is 9.59 Å². The molecule has 0 aliphatic carbocycles. The molecule has 6 heterocycles. The van der Waals surface area contributed by atoms with Gasteiger partial charge in [0.2, 0.25) is 0 Å². The van der Waals surface area contributed by atoms with Crippen LogP contribution in [0.5, 0.6) is 0 Å². The summed E-state index contributed by atoms with van der Waals surface area (Å²) in [4.78, 5) is 36.1. The number of likely N-dealkylation sites (tertiary alicyclic amines) is 1. The summed E-state index contributed by atoms with van der Waals surface area (Å²) in [7, 11) is 0. The third kappa shape index (κ3) is 3.45. The van der Waals surface area contributed by atoms with Crippen molar-refractivity contribution in [2.24, 2.45) is 0 Å². The second-order valence-electron chi connectivity index (χ2n) is 8.40. The van der Waals surface area contributed by atoms with Gasteiger partial charge in [-0.05, 0) is 30.2 Å². The van der Waals surface area contributed by atoms with E-state index in [2.05, 4.69) is 32.4 Å². The number of aromatic nitrogens is 4. The first-order valence-corrected chi connectivity index (χ1v) is 10.7. The molecule has 2 fully saturated rings. The first-order valence-electron chi connectivity index (χ1n) is 10.7. The topological polar surface area (TPSA) is 93.2 Å². The monoisotopic (exact) mass is 430 g/mol. The average molecular weight is 430 g/mol. The number of amides is 1. The number of nitrogens with one attached hydrogen (secondary N) is 1. The van der Waals surface area contributed by atoms with Gasteiger partial charge < -0.3 is 14.5 Å². The van der Waals surface area contributed by atoms with Crippen LogP contribution >= 0.6 is 0 Å². The van der Waals surface area contributed by atoms with Gasteiger partial charge in [-0.15, -0.1) is 0 Å². The quantitative estimate of drug-likeness (QED) is 0.512. The minimum absolute atomic E-state index is 0.0936.